The van der Waals surface area contributed by atoms with E-state index in [0.29, 0.717) is 0 Å². The molecule has 1 rings (SSSR count). The molecule has 0 saturated carbocycles. The zero-order valence-electron chi connectivity index (χ0n) is 11.6. The van der Waals surface area contributed by atoms with Crippen LogP contribution in [0, 0.1) is 0 Å². The van der Waals surface area contributed by atoms with E-state index in [1.807, 2.05) is 30.3 Å². The fourth-order valence-electron chi connectivity index (χ4n) is 1.55. The van der Waals surface area contributed by atoms with Crippen LogP contribution in [-0.2, 0) is 19.1 Å². The fraction of sp³-hybridized carbons (Fsp3) is 0.357. The van der Waals surface area contributed by atoms with Crippen LogP contribution in [0.2, 0.25) is 4.47 Å². The Hall–Kier alpha value is -1.58. The number of carboxylic acids is 1. The van der Waals surface area contributed by atoms with Gasteiger partial charge in [0.05, 0.1) is 0 Å². The molecule has 114 valence electrons. The Labute approximate surface area is 132 Å². The third-order valence-electron chi connectivity index (χ3n) is 2.54. The van der Waals surface area contributed by atoms with Crippen molar-refractivity contribution in [3.8, 4) is 0 Å². The summed E-state index contributed by atoms with van der Waals surface area (Å²) in [6.45, 7) is 0. The minimum atomic E-state index is -1.16. The quantitative estimate of drug-likeness (QED) is 0.466. The first-order valence-electron chi connectivity index (χ1n) is 6.29. The number of esters is 1. The summed E-state index contributed by atoms with van der Waals surface area (Å²) >= 11 is -0.446. The van der Waals surface area contributed by atoms with Crippen LogP contribution in [0.15, 0.2) is 30.3 Å². The van der Waals surface area contributed by atoms with Crippen molar-refractivity contribution < 1.29 is 24.2 Å². The van der Waals surface area contributed by atoms with Gasteiger partial charge < -0.3 is 0 Å². The summed E-state index contributed by atoms with van der Waals surface area (Å²) in [5.41, 5.74) is 0. The van der Waals surface area contributed by atoms with E-state index < -0.39 is 45.3 Å². The van der Waals surface area contributed by atoms with Gasteiger partial charge in [-0.05, 0) is 0 Å². The maximum atomic E-state index is 11.8. The van der Waals surface area contributed by atoms with Gasteiger partial charge >= 0.3 is 133 Å². The molecule has 0 fully saturated rings. The summed E-state index contributed by atoms with van der Waals surface area (Å²) < 4.78 is 6.49. The number of hydrogen-bond acceptors (Lipinski definition) is 4. The summed E-state index contributed by atoms with van der Waals surface area (Å²) in [5, 5.41) is 11.1. The van der Waals surface area contributed by atoms with Gasteiger partial charge in [0, 0.05) is 0 Å². The van der Waals surface area contributed by atoms with E-state index in [0.717, 1.165) is 11.6 Å². The number of nitrogens with one attached hydrogen (secondary N) is 1. The third-order valence-corrected chi connectivity index (χ3v) is 5.43. The molecule has 0 spiro atoms. The number of methoxy groups -OCH3 is 1. The molecular weight excluding hydrogens is 390 g/mol. The van der Waals surface area contributed by atoms with E-state index in [2.05, 4.69) is 10.1 Å². The molecule has 7 heteroatoms. The van der Waals surface area contributed by atoms with Crippen molar-refractivity contribution >= 4 is 42.4 Å². The third kappa shape index (κ3) is 7.11. The molecule has 2 N–H and O–H groups in total. The van der Waals surface area contributed by atoms with Crippen LogP contribution in [0.25, 0.3) is 0 Å². The molecule has 0 aliphatic rings. The number of carboxylic acid groups (broad SMARTS) is 1. The predicted octanol–water partition coefficient (Wildman–Crippen LogP) is -0.0430. The summed E-state index contributed by atoms with van der Waals surface area (Å²) in [5.74, 6) is -2.23. The molecule has 0 aliphatic carbocycles. The second-order valence-corrected chi connectivity index (χ2v) is 7.49. The van der Waals surface area contributed by atoms with Crippen molar-refractivity contribution in [1.29, 1.82) is 0 Å². The van der Waals surface area contributed by atoms with Gasteiger partial charge in [0.25, 0.3) is 0 Å². The van der Waals surface area contributed by atoms with Gasteiger partial charge in [-0.15, -0.1) is 0 Å². The topological polar surface area (TPSA) is 92.7 Å². The van der Waals surface area contributed by atoms with E-state index in [9.17, 15) is 14.4 Å². The number of carbonyl (C=O) groups excluding carboxylic acids is 2. The molecular formula is C14H17NO5Te. The van der Waals surface area contributed by atoms with Gasteiger partial charge in [0.1, 0.15) is 0 Å². The van der Waals surface area contributed by atoms with Gasteiger partial charge in [0.2, 0.25) is 0 Å². The van der Waals surface area contributed by atoms with Gasteiger partial charge in [-0.2, -0.15) is 0 Å². The Bertz CT molecular complexity index is 491. The van der Waals surface area contributed by atoms with E-state index >= 15 is 0 Å². The van der Waals surface area contributed by atoms with Crippen LogP contribution >= 0.6 is 0 Å². The van der Waals surface area contributed by atoms with E-state index in [1.165, 1.54) is 3.61 Å². The SMILES string of the molecule is COC(=O)C(CC(=O)O)NC(=O)CC[Te]c1ccccc1. The Kier molecular flexibility index (Phi) is 7.80. The normalized spacial score (nSPS) is 11.5. The van der Waals surface area contributed by atoms with Crippen molar-refractivity contribution in [2.75, 3.05) is 7.11 Å². The number of aliphatic carboxylic acids is 1. The fourth-order valence-corrected chi connectivity index (χ4v) is 4.05. The first kappa shape index (κ1) is 17.5. The van der Waals surface area contributed by atoms with Crippen molar-refractivity contribution in [3.63, 3.8) is 0 Å². The molecule has 0 saturated heterocycles. The monoisotopic (exact) mass is 409 g/mol. The van der Waals surface area contributed by atoms with Crippen LogP contribution in [0.4, 0.5) is 0 Å². The first-order valence-corrected chi connectivity index (χ1v) is 9.11. The van der Waals surface area contributed by atoms with E-state index in [-0.39, 0.29) is 12.3 Å². The van der Waals surface area contributed by atoms with Gasteiger partial charge in [-0.1, -0.05) is 0 Å². The van der Waals surface area contributed by atoms with E-state index in [4.69, 9.17) is 5.11 Å². The summed E-state index contributed by atoms with van der Waals surface area (Å²) in [7, 11) is 1.16. The van der Waals surface area contributed by atoms with E-state index in [1.54, 1.807) is 0 Å². The molecule has 1 unspecified atom stereocenters. The molecule has 0 heterocycles. The van der Waals surface area contributed by atoms with Gasteiger partial charge in [-0.3, -0.25) is 0 Å². The van der Waals surface area contributed by atoms with Crippen molar-refractivity contribution in [2.45, 2.75) is 23.4 Å². The van der Waals surface area contributed by atoms with Crippen LogP contribution in [0.1, 0.15) is 12.8 Å². The Morgan fingerprint density at radius 2 is 1.95 bits per heavy atom. The summed E-state index contributed by atoms with van der Waals surface area (Å²) in [4.78, 5) is 33.8. The average Bonchev–Trinajstić information content (AvgIpc) is 2.46. The second-order valence-electron chi connectivity index (χ2n) is 4.15. The standard InChI is InChI=1S/C14H17NO5Te/c1-20-14(19)11(9-13(17)18)15-12(16)7-8-21-10-5-3-2-4-6-10/h2-6,11H,7-9H2,1H3,(H,15,16)(H,17,18). The second kappa shape index (κ2) is 9.37. The summed E-state index contributed by atoms with van der Waals surface area (Å²) in [6, 6.07) is 8.79. The number of carbonyl (C=O) groups is 3. The first-order chi connectivity index (χ1) is 10.0. The molecule has 1 aromatic rings. The van der Waals surface area contributed by atoms with Crippen molar-refractivity contribution in [3.05, 3.63) is 30.3 Å². The molecule has 1 atom stereocenters. The number of ether oxygens (including phenoxy) is 1. The molecule has 21 heavy (non-hydrogen) atoms. The van der Waals surface area contributed by atoms with Gasteiger partial charge in [-0.25, -0.2) is 0 Å². The van der Waals surface area contributed by atoms with Crippen LogP contribution in [0.3, 0.4) is 0 Å². The zero-order chi connectivity index (χ0) is 15.7. The van der Waals surface area contributed by atoms with Crippen molar-refractivity contribution in [1.82, 2.24) is 5.32 Å². The van der Waals surface area contributed by atoms with Crippen molar-refractivity contribution in [2.24, 2.45) is 0 Å². The molecule has 0 aromatic heterocycles. The molecule has 1 amide bonds. The number of benzene rings is 1. The Balaban J connectivity index is 2.39. The van der Waals surface area contributed by atoms with Gasteiger partial charge in [0.15, 0.2) is 0 Å². The van der Waals surface area contributed by atoms with Crippen LogP contribution in [0.5, 0.6) is 0 Å². The minimum absolute atomic E-state index is 0.282. The summed E-state index contributed by atoms with van der Waals surface area (Å²) in [6.07, 6.45) is -0.196. The number of rotatable bonds is 8. The number of amides is 1. The maximum absolute atomic E-state index is 11.8. The molecule has 1 aromatic carbocycles. The number of hydrogen-bond donors (Lipinski definition) is 2. The molecule has 0 radical (unpaired) electrons. The molecule has 0 bridgehead atoms. The van der Waals surface area contributed by atoms with Crippen LogP contribution in [-0.4, -0.2) is 57.0 Å². The Morgan fingerprint density at radius 1 is 1.29 bits per heavy atom. The zero-order valence-corrected chi connectivity index (χ0v) is 13.9. The molecule has 0 aliphatic heterocycles. The Morgan fingerprint density at radius 3 is 2.52 bits per heavy atom. The average molecular weight is 407 g/mol. The predicted molar refractivity (Wildman–Crippen MR) is 77.5 cm³/mol. The molecule has 6 nitrogen and oxygen atoms in total. The van der Waals surface area contributed by atoms with Crippen LogP contribution < -0.4 is 8.93 Å².